The Hall–Kier alpha value is -3.20. The van der Waals surface area contributed by atoms with Crippen LogP contribution in [0.4, 0.5) is 14.5 Å². The van der Waals surface area contributed by atoms with E-state index in [-0.39, 0.29) is 39.7 Å². The van der Waals surface area contributed by atoms with Crippen molar-refractivity contribution in [3.63, 3.8) is 0 Å². The molecule has 4 rings (SSSR count). The molecule has 0 spiro atoms. The SMILES string of the molecule is CCN1\C(=C/C=N/N=C(\O)c2ccccc2)C(C)(Cc2c(F)ccc(F)c2Cl)c2cc(OC)ccc21.[Co]. The van der Waals surface area contributed by atoms with Gasteiger partial charge in [0.2, 0.25) is 5.90 Å². The van der Waals surface area contributed by atoms with Crippen LogP contribution >= 0.6 is 11.6 Å². The van der Waals surface area contributed by atoms with Gasteiger partial charge in [-0.25, -0.2) is 8.78 Å². The maximum atomic E-state index is 14.9. The number of hydrogen-bond donors (Lipinski definition) is 1. The van der Waals surface area contributed by atoms with E-state index in [0.29, 0.717) is 17.9 Å². The van der Waals surface area contributed by atoms with E-state index in [0.717, 1.165) is 29.1 Å². The Morgan fingerprint density at radius 2 is 1.81 bits per heavy atom. The average molecular weight is 569 g/mol. The van der Waals surface area contributed by atoms with E-state index < -0.39 is 17.0 Å². The van der Waals surface area contributed by atoms with Crippen molar-refractivity contribution in [2.75, 3.05) is 18.6 Å². The number of ether oxygens (including phenoxy) is 1. The van der Waals surface area contributed by atoms with Crippen molar-refractivity contribution in [3.05, 3.63) is 106 Å². The summed E-state index contributed by atoms with van der Waals surface area (Å²) < 4.78 is 34.6. The van der Waals surface area contributed by atoms with Crippen molar-refractivity contribution in [1.82, 2.24) is 0 Å². The van der Waals surface area contributed by atoms with Gasteiger partial charge in [0.1, 0.15) is 17.4 Å². The van der Waals surface area contributed by atoms with Crippen LogP contribution in [0.25, 0.3) is 0 Å². The quantitative estimate of drug-likeness (QED) is 0.147. The molecule has 1 radical (unpaired) electrons. The number of aliphatic hydroxyl groups excluding tert-OH is 1. The normalized spacial score (nSPS) is 18.3. The Balaban J connectivity index is 0.00000380. The summed E-state index contributed by atoms with van der Waals surface area (Å²) in [5.74, 6) is -0.819. The van der Waals surface area contributed by atoms with Crippen molar-refractivity contribution >= 4 is 29.4 Å². The standard InChI is InChI=1S/C28H26ClF2N3O2.Co/c1-4-34-24-13-10-19(36-3)16-21(24)28(2,17-20-22(30)11-12-23(31)26(20)29)25(34)14-15-32-33-27(35)18-8-6-5-7-9-18;/h5-16H,4,17H2,1-3H3,(H,33,35);/b25-14-,32-15+;. The molecule has 0 bridgehead atoms. The second kappa shape index (κ2) is 11.9. The smallest absolute Gasteiger partial charge is 0.238 e. The summed E-state index contributed by atoms with van der Waals surface area (Å²) in [6.07, 6.45) is 3.34. The first kappa shape index (κ1) is 28.4. The second-order valence-corrected chi connectivity index (χ2v) is 8.94. The Morgan fingerprint density at radius 1 is 1.11 bits per heavy atom. The van der Waals surface area contributed by atoms with E-state index in [1.807, 2.05) is 38.1 Å². The minimum atomic E-state index is -0.796. The summed E-state index contributed by atoms with van der Waals surface area (Å²) in [5.41, 5.74) is 2.44. The van der Waals surface area contributed by atoms with Crippen molar-refractivity contribution in [2.24, 2.45) is 10.2 Å². The van der Waals surface area contributed by atoms with E-state index in [9.17, 15) is 13.9 Å². The van der Waals surface area contributed by atoms with Gasteiger partial charge in [0.05, 0.1) is 18.3 Å². The van der Waals surface area contributed by atoms with Gasteiger partial charge in [0, 0.05) is 51.2 Å². The first-order valence-electron chi connectivity index (χ1n) is 11.4. The number of halogens is 3. The minimum absolute atomic E-state index is 0. The fourth-order valence-corrected chi connectivity index (χ4v) is 4.83. The molecule has 3 aromatic carbocycles. The third kappa shape index (κ3) is 5.56. The number of hydrogen-bond acceptors (Lipinski definition) is 4. The van der Waals surface area contributed by atoms with Gasteiger partial charge in [-0.2, -0.15) is 5.10 Å². The molecule has 1 aliphatic rings. The van der Waals surface area contributed by atoms with Crippen molar-refractivity contribution in [2.45, 2.75) is 25.7 Å². The Bertz CT molecular complexity index is 1370. The molecule has 195 valence electrons. The zero-order chi connectivity index (χ0) is 25.9. The molecule has 0 saturated carbocycles. The van der Waals surface area contributed by atoms with Gasteiger partial charge in [-0.15, -0.1) is 5.10 Å². The topological polar surface area (TPSA) is 57.4 Å². The first-order chi connectivity index (χ1) is 17.3. The zero-order valence-corrected chi connectivity index (χ0v) is 22.3. The summed E-state index contributed by atoms with van der Waals surface area (Å²) in [4.78, 5) is 2.08. The van der Waals surface area contributed by atoms with Crippen LogP contribution in [0.15, 0.2) is 82.6 Å². The van der Waals surface area contributed by atoms with Gasteiger partial charge >= 0.3 is 0 Å². The average Bonchev–Trinajstić information content (AvgIpc) is 3.13. The van der Waals surface area contributed by atoms with Crippen LogP contribution in [-0.2, 0) is 28.6 Å². The number of benzene rings is 3. The number of fused-ring (bicyclic) bond motifs is 1. The second-order valence-electron chi connectivity index (χ2n) is 8.56. The van der Waals surface area contributed by atoms with E-state index >= 15 is 0 Å². The van der Waals surface area contributed by atoms with Crippen molar-refractivity contribution in [1.29, 1.82) is 0 Å². The number of anilines is 1. The zero-order valence-electron chi connectivity index (χ0n) is 20.5. The number of allylic oxidation sites excluding steroid dienone is 2. The van der Waals surface area contributed by atoms with Crippen LogP contribution in [0.2, 0.25) is 5.02 Å². The summed E-state index contributed by atoms with van der Waals surface area (Å²) in [6.45, 7) is 4.57. The van der Waals surface area contributed by atoms with Gasteiger partial charge < -0.3 is 14.7 Å². The molecule has 1 atom stereocenters. The Morgan fingerprint density at radius 3 is 2.49 bits per heavy atom. The van der Waals surface area contributed by atoms with Crippen LogP contribution in [0, 0.1) is 11.6 Å². The molecular formula is C28H26ClCoF2N3O2. The molecule has 3 aromatic rings. The van der Waals surface area contributed by atoms with E-state index in [1.54, 1.807) is 37.5 Å². The van der Waals surface area contributed by atoms with Crippen LogP contribution in [0.1, 0.15) is 30.5 Å². The summed E-state index contributed by atoms with van der Waals surface area (Å²) in [7, 11) is 1.58. The molecule has 1 aliphatic heterocycles. The molecule has 0 aliphatic carbocycles. The molecule has 0 amide bonds. The fraction of sp³-hybridized carbons (Fsp3) is 0.214. The van der Waals surface area contributed by atoms with Crippen molar-refractivity contribution < 1.29 is 35.4 Å². The van der Waals surface area contributed by atoms with E-state index in [1.165, 1.54) is 6.21 Å². The molecule has 1 heterocycles. The van der Waals surface area contributed by atoms with Gasteiger partial charge in [-0.05, 0) is 74.4 Å². The minimum Gasteiger partial charge on any atom is -0.497 e. The molecule has 0 fully saturated rings. The predicted octanol–water partition coefficient (Wildman–Crippen LogP) is 6.84. The third-order valence-corrected chi connectivity index (χ3v) is 6.82. The van der Waals surface area contributed by atoms with Gasteiger partial charge in [-0.1, -0.05) is 29.8 Å². The van der Waals surface area contributed by atoms with Crippen LogP contribution in [-0.4, -0.2) is 30.9 Å². The molecule has 37 heavy (non-hydrogen) atoms. The molecule has 0 saturated heterocycles. The molecule has 1 unspecified atom stereocenters. The fourth-order valence-electron chi connectivity index (χ4n) is 4.61. The number of methoxy groups -OCH3 is 1. The molecule has 0 aromatic heterocycles. The molecule has 5 nitrogen and oxygen atoms in total. The number of nitrogens with zero attached hydrogens (tertiary/aromatic N) is 3. The van der Waals surface area contributed by atoms with Crippen LogP contribution < -0.4 is 9.64 Å². The monoisotopic (exact) mass is 568 g/mol. The summed E-state index contributed by atoms with van der Waals surface area (Å²) in [6, 6.07) is 16.7. The summed E-state index contributed by atoms with van der Waals surface area (Å²) in [5, 5.41) is 17.9. The van der Waals surface area contributed by atoms with E-state index in [4.69, 9.17) is 16.3 Å². The number of rotatable bonds is 7. The van der Waals surface area contributed by atoms with Gasteiger partial charge in [-0.3, -0.25) is 0 Å². The molecule has 1 N–H and O–H groups in total. The van der Waals surface area contributed by atoms with E-state index in [2.05, 4.69) is 15.1 Å². The number of aliphatic hydroxyl groups is 1. The van der Waals surface area contributed by atoms with Gasteiger partial charge in [0.25, 0.3) is 0 Å². The molecule has 9 heteroatoms. The Labute approximate surface area is 230 Å². The predicted molar refractivity (Wildman–Crippen MR) is 141 cm³/mol. The van der Waals surface area contributed by atoms with Gasteiger partial charge in [0.15, 0.2) is 0 Å². The van der Waals surface area contributed by atoms with Crippen molar-refractivity contribution in [3.8, 4) is 5.75 Å². The maximum absolute atomic E-state index is 14.9. The summed E-state index contributed by atoms with van der Waals surface area (Å²) >= 11 is 6.22. The largest absolute Gasteiger partial charge is 0.497 e. The number of likely N-dealkylation sites (N-methyl/N-ethyl adjacent to an activating group) is 1. The van der Waals surface area contributed by atoms with Crippen LogP contribution in [0.3, 0.4) is 0 Å². The first-order valence-corrected chi connectivity index (χ1v) is 11.8. The maximum Gasteiger partial charge on any atom is 0.238 e. The molecular weight excluding hydrogens is 543 g/mol. The van der Waals surface area contributed by atoms with Crippen LogP contribution in [0.5, 0.6) is 5.75 Å². The Kier molecular flexibility index (Phi) is 9.12. The third-order valence-electron chi connectivity index (χ3n) is 6.41.